The Morgan fingerprint density at radius 1 is 1.04 bits per heavy atom. The van der Waals surface area contributed by atoms with Crippen LogP contribution in [0, 0.1) is 0 Å². The molecule has 0 aliphatic carbocycles. The number of anilines is 1. The highest BCUT2D eigenvalue weighted by Crippen LogP contribution is 2.45. The third-order valence-electron chi connectivity index (χ3n) is 5.12. The van der Waals surface area contributed by atoms with Crippen LogP contribution in [-0.2, 0) is 30.1 Å². The smallest absolute Gasteiger partial charge is 0.292 e. The van der Waals surface area contributed by atoms with Crippen LogP contribution >= 0.6 is 0 Å². The molecule has 1 spiro atoms. The molecule has 1 aromatic carbocycles. The standard InChI is InChI=1S/C17H22N2O5S/c1-18-15-7-6-13(25(21,22)19-8-3-2-4-9-19)12-14(15)17(16(18)20)23-10-5-11-24-17/h6-7,12H,2-5,8-11H2,1H3. The van der Waals surface area contributed by atoms with Gasteiger partial charge in [-0.25, -0.2) is 8.42 Å². The summed E-state index contributed by atoms with van der Waals surface area (Å²) < 4.78 is 38.9. The predicted octanol–water partition coefficient (Wildman–Crippen LogP) is 1.43. The molecule has 25 heavy (non-hydrogen) atoms. The Labute approximate surface area is 147 Å². The summed E-state index contributed by atoms with van der Waals surface area (Å²) in [7, 11) is -1.93. The largest absolute Gasteiger partial charge is 0.338 e. The van der Waals surface area contributed by atoms with Gasteiger partial charge in [-0.05, 0) is 37.5 Å². The Morgan fingerprint density at radius 2 is 1.72 bits per heavy atom. The van der Waals surface area contributed by atoms with E-state index in [0.717, 1.165) is 19.3 Å². The number of likely N-dealkylation sites (N-methyl/N-ethyl adjacent to an activating group) is 1. The second-order valence-electron chi connectivity index (χ2n) is 6.67. The van der Waals surface area contributed by atoms with Crippen molar-refractivity contribution in [3.63, 3.8) is 0 Å². The van der Waals surface area contributed by atoms with Crippen molar-refractivity contribution in [2.75, 3.05) is 38.3 Å². The van der Waals surface area contributed by atoms with Gasteiger partial charge in [0.2, 0.25) is 10.0 Å². The third-order valence-corrected chi connectivity index (χ3v) is 7.02. The van der Waals surface area contributed by atoms with E-state index in [1.54, 1.807) is 25.2 Å². The van der Waals surface area contributed by atoms with Crippen molar-refractivity contribution in [1.82, 2.24) is 4.31 Å². The minimum atomic E-state index is -3.58. The molecule has 3 heterocycles. The summed E-state index contributed by atoms with van der Waals surface area (Å²) in [4.78, 5) is 14.4. The highest BCUT2D eigenvalue weighted by atomic mass is 32.2. The Bertz CT molecular complexity index is 795. The molecule has 0 aromatic heterocycles. The van der Waals surface area contributed by atoms with Gasteiger partial charge in [-0.15, -0.1) is 0 Å². The number of piperidine rings is 1. The van der Waals surface area contributed by atoms with E-state index in [0.29, 0.717) is 44.0 Å². The maximum Gasteiger partial charge on any atom is 0.292 e. The van der Waals surface area contributed by atoms with Crippen LogP contribution in [0.3, 0.4) is 0 Å². The van der Waals surface area contributed by atoms with Gasteiger partial charge >= 0.3 is 0 Å². The number of hydrogen-bond donors (Lipinski definition) is 0. The van der Waals surface area contributed by atoms with Crippen LogP contribution in [0.5, 0.6) is 0 Å². The lowest BCUT2D eigenvalue weighted by Gasteiger charge is -2.32. The maximum atomic E-state index is 13.0. The SMILES string of the molecule is CN1C(=O)C2(OCCCO2)c2cc(S(=O)(=O)N3CCCCC3)ccc21. The van der Waals surface area contributed by atoms with Gasteiger partial charge < -0.3 is 14.4 Å². The van der Waals surface area contributed by atoms with Gasteiger partial charge in [-0.1, -0.05) is 6.42 Å². The third kappa shape index (κ3) is 2.51. The van der Waals surface area contributed by atoms with Gasteiger partial charge in [0.25, 0.3) is 11.7 Å². The molecule has 1 amide bonds. The Balaban J connectivity index is 1.78. The molecule has 0 N–H and O–H groups in total. The molecule has 0 saturated carbocycles. The molecule has 3 aliphatic heterocycles. The van der Waals surface area contributed by atoms with Crippen molar-refractivity contribution in [1.29, 1.82) is 0 Å². The molecule has 2 fully saturated rings. The topological polar surface area (TPSA) is 76.1 Å². The molecule has 136 valence electrons. The van der Waals surface area contributed by atoms with Crippen LogP contribution in [0.2, 0.25) is 0 Å². The second-order valence-corrected chi connectivity index (χ2v) is 8.61. The number of fused-ring (bicyclic) bond motifs is 2. The first-order chi connectivity index (χ1) is 12.0. The zero-order chi connectivity index (χ0) is 17.7. The van der Waals surface area contributed by atoms with E-state index in [4.69, 9.17) is 9.47 Å². The van der Waals surface area contributed by atoms with Crippen molar-refractivity contribution >= 4 is 21.6 Å². The molecule has 7 nitrogen and oxygen atoms in total. The Morgan fingerprint density at radius 3 is 2.40 bits per heavy atom. The molecule has 3 aliphatic rings. The molecule has 0 bridgehead atoms. The van der Waals surface area contributed by atoms with Crippen LogP contribution in [0.4, 0.5) is 5.69 Å². The summed E-state index contributed by atoms with van der Waals surface area (Å²) in [5.74, 6) is -1.81. The van der Waals surface area contributed by atoms with Crippen molar-refractivity contribution in [2.45, 2.75) is 36.4 Å². The highest BCUT2D eigenvalue weighted by Gasteiger charge is 2.54. The Kier molecular flexibility index (Phi) is 4.10. The summed E-state index contributed by atoms with van der Waals surface area (Å²) in [5.41, 5.74) is 1.11. The van der Waals surface area contributed by atoms with Crippen molar-refractivity contribution < 1.29 is 22.7 Å². The van der Waals surface area contributed by atoms with E-state index in [-0.39, 0.29) is 10.8 Å². The van der Waals surface area contributed by atoms with Gasteiger partial charge in [-0.2, -0.15) is 4.31 Å². The summed E-state index contributed by atoms with van der Waals surface area (Å²) in [5, 5.41) is 0. The van der Waals surface area contributed by atoms with Crippen LogP contribution in [0.25, 0.3) is 0 Å². The fraction of sp³-hybridized carbons (Fsp3) is 0.588. The lowest BCUT2D eigenvalue weighted by molar-refractivity contribution is -0.256. The number of nitrogens with zero attached hydrogens (tertiary/aromatic N) is 2. The first kappa shape index (κ1) is 17.0. The first-order valence-electron chi connectivity index (χ1n) is 8.67. The van der Waals surface area contributed by atoms with Crippen LogP contribution in [0.15, 0.2) is 23.1 Å². The average Bonchev–Trinajstić information content (AvgIpc) is 2.85. The fourth-order valence-corrected chi connectivity index (χ4v) is 5.29. The molecule has 4 rings (SSSR count). The lowest BCUT2D eigenvalue weighted by Crippen LogP contribution is -2.46. The number of benzene rings is 1. The number of rotatable bonds is 2. The summed E-state index contributed by atoms with van der Waals surface area (Å²) in [6.07, 6.45) is 3.52. The number of ether oxygens (including phenoxy) is 2. The van der Waals surface area contributed by atoms with Gasteiger partial charge in [0.05, 0.1) is 23.8 Å². The molecular formula is C17H22N2O5S. The summed E-state index contributed by atoms with van der Waals surface area (Å²) in [6, 6.07) is 4.78. The van der Waals surface area contributed by atoms with Crippen molar-refractivity contribution in [3.8, 4) is 0 Å². The summed E-state index contributed by atoms with van der Waals surface area (Å²) >= 11 is 0. The van der Waals surface area contributed by atoms with Crippen molar-refractivity contribution in [3.05, 3.63) is 23.8 Å². The summed E-state index contributed by atoms with van der Waals surface area (Å²) in [6.45, 7) is 1.89. The molecule has 2 saturated heterocycles. The van der Waals surface area contributed by atoms with Crippen LogP contribution in [0.1, 0.15) is 31.2 Å². The number of carbonyl (C=O) groups excluding carboxylic acids is 1. The van der Waals surface area contributed by atoms with E-state index in [2.05, 4.69) is 0 Å². The number of amides is 1. The fourth-order valence-electron chi connectivity index (χ4n) is 3.74. The number of sulfonamides is 1. The minimum absolute atomic E-state index is 0.188. The Hall–Kier alpha value is -1.48. The average molecular weight is 366 g/mol. The maximum absolute atomic E-state index is 13.0. The number of hydrogen-bond acceptors (Lipinski definition) is 5. The molecule has 0 unspecified atom stereocenters. The molecule has 1 aromatic rings. The quantitative estimate of drug-likeness (QED) is 0.791. The van der Waals surface area contributed by atoms with Gasteiger partial charge in [-0.3, -0.25) is 4.79 Å². The van der Waals surface area contributed by atoms with E-state index < -0.39 is 15.8 Å². The highest BCUT2D eigenvalue weighted by molar-refractivity contribution is 7.89. The van der Waals surface area contributed by atoms with E-state index in [9.17, 15) is 13.2 Å². The monoisotopic (exact) mass is 366 g/mol. The van der Waals surface area contributed by atoms with Gasteiger partial charge in [0, 0.05) is 25.7 Å². The first-order valence-corrected chi connectivity index (χ1v) is 10.1. The van der Waals surface area contributed by atoms with E-state index in [1.807, 2.05) is 0 Å². The van der Waals surface area contributed by atoms with Crippen molar-refractivity contribution in [2.24, 2.45) is 0 Å². The van der Waals surface area contributed by atoms with E-state index >= 15 is 0 Å². The second kappa shape index (κ2) is 6.05. The molecular weight excluding hydrogens is 344 g/mol. The minimum Gasteiger partial charge on any atom is -0.338 e. The zero-order valence-corrected chi connectivity index (χ0v) is 15.0. The molecule has 0 atom stereocenters. The predicted molar refractivity (Wildman–Crippen MR) is 90.7 cm³/mol. The van der Waals surface area contributed by atoms with Gasteiger partial charge in [0.1, 0.15) is 0 Å². The van der Waals surface area contributed by atoms with Crippen LogP contribution in [-0.4, -0.2) is 52.0 Å². The zero-order valence-electron chi connectivity index (χ0n) is 14.2. The van der Waals surface area contributed by atoms with Gasteiger partial charge in [0.15, 0.2) is 0 Å². The lowest BCUT2D eigenvalue weighted by atomic mass is 10.1. The molecule has 8 heteroatoms. The molecule has 0 radical (unpaired) electrons. The van der Waals surface area contributed by atoms with E-state index in [1.165, 1.54) is 9.21 Å². The van der Waals surface area contributed by atoms with Crippen LogP contribution < -0.4 is 4.90 Å². The number of carbonyl (C=O) groups is 1. The normalized spacial score (nSPS) is 23.9.